The molecule has 0 aliphatic heterocycles. The Balaban J connectivity index is 0. The Morgan fingerprint density at radius 1 is 0.870 bits per heavy atom. The predicted molar refractivity (Wildman–Crippen MR) is 106 cm³/mol. The molecule has 0 aliphatic rings. The van der Waals surface area contributed by atoms with E-state index in [0.717, 1.165) is 36.2 Å². The van der Waals surface area contributed by atoms with Crippen molar-refractivity contribution in [3.05, 3.63) is 11.6 Å². The second-order valence-electron chi connectivity index (χ2n) is 7.69. The van der Waals surface area contributed by atoms with Crippen molar-refractivity contribution in [3.8, 4) is 0 Å². The molecule has 1 N–H and O–H groups in total. The van der Waals surface area contributed by atoms with Crippen LogP contribution in [0.1, 0.15) is 92.4 Å². The molecule has 0 aromatic carbocycles. The second-order valence-corrected chi connectivity index (χ2v) is 7.69. The Kier molecular flexibility index (Phi) is 17.2. The first-order valence-corrected chi connectivity index (χ1v) is 9.21. The quantitative estimate of drug-likeness (QED) is 0.264. The maximum atomic E-state index is 10.5. The van der Waals surface area contributed by atoms with Crippen LogP contribution in [0.2, 0.25) is 0 Å². The number of hydrogen-bond acceptors (Lipinski definition) is 1. The molecule has 3 heteroatoms. The molecule has 138 valence electrons. The number of carbonyl (C=O) groups is 1. The number of carboxylic acids is 1. The molecule has 0 aliphatic carbocycles. The van der Waals surface area contributed by atoms with E-state index in [9.17, 15) is 4.79 Å². The molecule has 0 rings (SSSR count). The van der Waals surface area contributed by atoms with Gasteiger partial charge in [0, 0.05) is 6.08 Å². The van der Waals surface area contributed by atoms with E-state index in [2.05, 4.69) is 27.7 Å². The summed E-state index contributed by atoms with van der Waals surface area (Å²) in [4.78, 5) is 10.5. The number of carboxylic acid groups (broad SMARTS) is 1. The minimum absolute atomic E-state index is 0. The van der Waals surface area contributed by atoms with Gasteiger partial charge in [0.2, 0.25) is 0 Å². The van der Waals surface area contributed by atoms with Gasteiger partial charge in [0.25, 0.3) is 0 Å². The van der Waals surface area contributed by atoms with Crippen molar-refractivity contribution < 1.29 is 9.90 Å². The van der Waals surface area contributed by atoms with Crippen molar-refractivity contribution in [2.75, 3.05) is 0 Å². The van der Waals surface area contributed by atoms with Crippen molar-refractivity contribution in [2.45, 2.75) is 92.4 Å². The summed E-state index contributed by atoms with van der Waals surface area (Å²) >= 11 is 0. The van der Waals surface area contributed by atoms with Crippen LogP contribution < -0.4 is 0 Å². The zero-order valence-corrected chi connectivity index (χ0v) is 21.7. The minimum atomic E-state index is -0.822. The molecule has 0 heterocycles. The Morgan fingerprint density at radius 3 is 1.74 bits per heavy atom. The Labute approximate surface area is 163 Å². The number of allylic oxidation sites excluding steroid dienone is 1. The SMILES string of the molecule is C/C(=C\C(=O)O)CCC[C@H](C)CCC[C@H](C)CCCC(C)C.[BiH3]. The molecular weight excluding hydrogens is 481 g/mol. The summed E-state index contributed by atoms with van der Waals surface area (Å²) in [6.07, 6.45) is 12.7. The molecule has 0 radical (unpaired) electrons. The Morgan fingerprint density at radius 2 is 1.30 bits per heavy atom. The summed E-state index contributed by atoms with van der Waals surface area (Å²) in [5.41, 5.74) is 0.985. The van der Waals surface area contributed by atoms with Crippen LogP contribution in [-0.4, -0.2) is 37.3 Å². The van der Waals surface area contributed by atoms with E-state index in [4.69, 9.17) is 5.11 Å². The third-order valence-electron chi connectivity index (χ3n) is 4.51. The maximum absolute atomic E-state index is 10.5. The van der Waals surface area contributed by atoms with Crippen LogP contribution in [0.25, 0.3) is 0 Å². The van der Waals surface area contributed by atoms with E-state index in [1.54, 1.807) is 0 Å². The van der Waals surface area contributed by atoms with Gasteiger partial charge in [-0.3, -0.25) is 0 Å². The summed E-state index contributed by atoms with van der Waals surface area (Å²) in [6.45, 7) is 11.3. The van der Waals surface area contributed by atoms with Crippen LogP contribution in [0, 0.1) is 17.8 Å². The van der Waals surface area contributed by atoms with Gasteiger partial charge in [0.15, 0.2) is 0 Å². The molecule has 0 saturated heterocycles. The fourth-order valence-electron chi connectivity index (χ4n) is 2.99. The molecule has 23 heavy (non-hydrogen) atoms. The molecule has 0 fully saturated rings. The number of rotatable bonds is 13. The van der Waals surface area contributed by atoms with Crippen LogP contribution in [-0.2, 0) is 4.79 Å². The first-order chi connectivity index (χ1) is 10.3. The normalized spacial score (nSPS) is 14.4. The molecule has 0 aromatic rings. The molecule has 0 unspecified atom stereocenters. The summed E-state index contributed by atoms with van der Waals surface area (Å²) in [6, 6.07) is 0. The summed E-state index contributed by atoms with van der Waals surface area (Å²) in [5.74, 6) is 1.65. The van der Waals surface area contributed by atoms with Gasteiger partial charge in [-0.25, -0.2) is 4.79 Å². The number of aliphatic carboxylic acids is 1. The molecule has 0 amide bonds. The van der Waals surface area contributed by atoms with Gasteiger partial charge >= 0.3 is 32.2 Å². The van der Waals surface area contributed by atoms with Gasteiger partial charge in [0.1, 0.15) is 0 Å². The van der Waals surface area contributed by atoms with E-state index in [1.165, 1.54) is 51.0 Å². The van der Waals surface area contributed by atoms with E-state index in [0.29, 0.717) is 0 Å². The van der Waals surface area contributed by atoms with Gasteiger partial charge in [0.05, 0.1) is 0 Å². The summed E-state index contributed by atoms with van der Waals surface area (Å²) in [5, 5.41) is 8.68. The van der Waals surface area contributed by atoms with Crippen LogP contribution in [0.15, 0.2) is 11.6 Å². The Bertz CT molecular complexity index is 324. The fourth-order valence-corrected chi connectivity index (χ4v) is 2.99. The third-order valence-corrected chi connectivity index (χ3v) is 4.51. The average molecular weight is 523 g/mol. The van der Waals surface area contributed by atoms with E-state index >= 15 is 0 Å². The fraction of sp³-hybridized carbons (Fsp3) is 0.850. The molecule has 0 spiro atoms. The molecule has 0 aromatic heterocycles. The molecule has 0 saturated carbocycles. The topological polar surface area (TPSA) is 37.3 Å². The first kappa shape index (κ1) is 25.3. The van der Waals surface area contributed by atoms with Crippen molar-refractivity contribution in [3.63, 3.8) is 0 Å². The van der Waals surface area contributed by atoms with Crippen molar-refractivity contribution in [1.29, 1.82) is 0 Å². The van der Waals surface area contributed by atoms with Gasteiger partial charge in [-0.05, 0) is 37.5 Å². The van der Waals surface area contributed by atoms with E-state index in [-0.39, 0.29) is 26.2 Å². The molecule has 0 bridgehead atoms. The van der Waals surface area contributed by atoms with E-state index in [1.807, 2.05) is 6.92 Å². The van der Waals surface area contributed by atoms with Crippen LogP contribution >= 0.6 is 0 Å². The monoisotopic (exact) mass is 522 g/mol. The van der Waals surface area contributed by atoms with Gasteiger partial charge in [-0.15, -0.1) is 0 Å². The van der Waals surface area contributed by atoms with Crippen molar-refractivity contribution >= 4 is 32.2 Å². The van der Waals surface area contributed by atoms with Crippen molar-refractivity contribution in [1.82, 2.24) is 0 Å². The third kappa shape index (κ3) is 18.3. The van der Waals surface area contributed by atoms with Crippen LogP contribution in [0.5, 0.6) is 0 Å². The first-order valence-electron chi connectivity index (χ1n) is 9.21. The van der Waals surface area contributed by atoms with E-state index < -0.39 is 5.97 Å². The number of hydrogen-bond donors (Lipinski definition) is 1. The second kappa shape index (κ2) is 15.6. The zero-order chi connectivity index (χ0) is 17.0. The molecule has 2 atom stereocenters. The standard InChI is InChI=1S/C20H38O2.Bi.3H/c1-16(2)9-6-10-17(3)11-7-12-18(4)13-8-14-19(5)15-20(21)22;;;;/h15-18H,6-14H2,1-5H3,(H,21,22);;;;/b19-15+;;;;/t17-,18-;;;;/m1..../s1. The van der Waals surface area contributed by atoms with Gasteiger partial charge in [-0.1, -0.05) is 78.2 Å². The predicted octanol–water partition coefficient (Wildman–Crippen LogP) is 5.27. The Hall–Kier alpha value is 0.0931. The molecular formula is C20H41BiO2. The van der Waals surface area contributed by atoms with Crippen LogP contribution in [0.3, 0.4) is 0 Å². The van der Waals surface area contributed by atoms with Gasteiger partial charge < -0.3 is 5.11 Å². The zero-order valence-electron chi connectivity index (χ0n) is 16.2. The molecule has 2 nitrogen and oxygen atoms in total. The summed E-state index contributed by atoms with van der Waals surface area (Å²) < 4.78 is 0. The van der Waals surface area contributed by atoms with Gasteiger partial charge in [-0.2, -0.15) is 0 Å². The van der Waals surface area contributed by atoms with Crippen molar-refractivity contribution in [2.24, 2.45) is 17.8 Å². The van der Waals surface area contributed by atoms with Crippen LogP contribution in [0.4, 0.5) is 0 Å². The summed E-state index contributed by atoms with van der Waals surface area (Å²) in [7, 11) is 0. The average Bonchev–Trinajstić information content (AvgIpc) is 2.37.